The first-order chi connectivity index (χ1) is 8.63. The van der Waals surface area contributed by atoms with Crippen LogP contribution in [0, 0.1) is 6.92 Å². The fourth-order valence-corrected chi connectivity index (χ4v) is 2.93. The molecule has 0 saturated carbocycles. The van der Waals surface area contributed by atoms with Crippen LogP contribution in [0.5, 0.6) is 0 Å². The maximum atomic E-state index is 11.0. The molecule has 0 bridgehead atoms. The SMILES string of the molecule is Cc1ncsc1-c1ccc(C(NBr)C(=O)O)cc1. The highest BCUT2D eigenvalue weighted by Crippen LogP contribution is 2.28. The number of carbonyl (C=O) groups is 1. The number of hydrogen-bond acceptors (Lipinski definition) is 4. The zero-order valence-corrected chi connectivity index (χ0v) is 12.0. The van der Waals surface area contributed by atoms with E-state index < -0.39 is 12.0 Å². The van der Waals surface area contributed by atoms with Crippen LogP contribution < -0.4 is 4.34 Å². The number of thiazole rings is 1. The minimum Gasteiger partial charge on any atom is -0.480 e. The van der Waals surface area contributed by atoms with Gasteiger partial charge in [-0.3, -0.25) is 4.79 Å². The average Bonchev–Trinajstić information content (AvgIpc) is 2.77. The number of aryl methyl sites for hydroxylation is 1. The molecule has 6 heteroatoms. The van der Waals surface area contributed by atoms with Crippen LogP contribution in [0.3, 0.4) is 0 Å². The lowest BCUT2D eigenvalue weighted by molar-refractivity contribution is -0.139. The fraction of sp³-hybridized carbons (Fsp3) is 0.167. The highest BCUT2D eigenvalue weighted by atomic mass is 79.9. The van der Waals surface area contributed by atoms with Gasteiger partial charge in [0, 0.05) is 16.1 Å². The van der Waals surface area contributed by atoms with Gasteiger partial charge < -0.3 is 5.11 Å². The summed E-state index contributed by atoms with van der Waals surface area (Å²) in [4.78, 5) is 16.3. The molecule has 2 N–H and O–H groups in total. The van der Waals surface area contributed by atoms with Gasteiger partial charge in [0.1, 0.15) is 6.04 Å². The van der Waals surface area contributed by atoms with Gasteiger partial charge in [0.2, 0.25) is 0 Å². The van der Waals surface area contributed by atoms with E-state index in [0.29, 0.717) is 5.56 Å². The third kappa shape index (κ3) is 2.60. The van der Waals surface area contributed by atoms with Crippen molar-refractivity contribution in [3.63, 3.8) is 0 Å². The number of rotatable bonds is 4. The van der Waals surface area contributed by atoms with Crippen LogP contribution in [0.25, 0.3) is 10.4 Å². The molecule has 2 aromatic rings. The molecule has 94 valence electrons. The fourth-order valence-electron chi connectivity index (χ4n) is 1.66. The molecular weight excluding hydrogens is 316 g/mol. The Kier molecular flexibility index (Phi) is 4.11. The van der Waals surface area contributed by atoms with Gasteiger partial charge in [0.25, 0.3) is 0 Å². The number of carboxylic acid groups (broad SMARTS) is 1. The molecule has 1 aromatic heterocycles. The van der Waals surface area contributed by atoms with Crippen LogP contribution in [-0.2, 0) is 4.79 Å². The van der Waals surface area contributed by atoms with E-state index in [9.17, 15) is 4.79 Å². The quantitative estimate of drug-likeness (QED) is 0.847. The van der Waals surface area contributed by atoms with Crippen molar-refractivity contribution >= 4 is 33.5 Å². The number of aliphatic carboxylic acids is 1. The second kappa shape index (κ2) is 5.60. The Hall–Kier alpha value is -1.24. The number of nitrogens with zero attached hydrogens (tertiary/aromatic N) is 1. The lowest BCUT2D eigenvalue weighted by Crippen LogP contribution is -2.20. The van der Waals surface area contributed by atoms with Crippen molar-refractivity contribution in [2.45, 2.75) is 13.0 Å². The minimum atomic E-state index is -0.923. The molecule has 0 aliphatic heterocycles. The zero-order valence-electron chi connectivity index (χ0n) is 9.55. The number of aromatic nitrogens is 1. The Morgan fingerprint density at radius 3 is 2.56 bits per heavy atom. The topological polar surface area (TPSA) is 62.2 Å². The van der Waals surface area contributed by atoms with E-state index in [0.717, 1.165) is 16.1 Å². The Bertz CT molecular complexity index is 553. The normalized spacial score (nSPS) is 12.3. The molecular formula is C12H11BrN2O2S. The molecule has 0 fully saturated rings. The predicted octanol–water partition coefficient (Wildman–Crippen LogP) is 3.14. The monoisotopic (exact) mass is 326 g/mol. The first-order valence-corrected chi connectivity index (χ1v) is 6.90. The number of nitrogens with one attached hydrogen (secondary N) is 1. The van der Waals surface area contributed by atoms with Crippen molar-refractivity contribution in [2.75, 3.05) is 0 Å². The standard InChI is InChI=1S/C12H11BrN2O2S/c1-7-11(18-6-14-7)9-4-2-8(3-5-9)10(15-13)12(16)17/h2-6,10,15H,1H3,(H,16,17). The third-order valence-electron chi connectivity index (χ3n) is 2.61. The maximum absolute atomic E-state index is 11.0. The molecule has 1 unspecified atom stereocenters. The molecule has 18 heavy (non-hydrogen) atoms. The van der Waals surface area contributed by atoms with Gasteiger partial charge in [-0.2, -0.15) is 0 Å². The van der Waals surface area contributed by atoms with Gasteiger partial charge in [-0.05, 0) is 18.1 Å². The molecule has 0 aliphatic carbocycles. The van der Waals surface area contributed by atoms with Crippen molar-refractivity contribution < 1.29 is 9.90 Å². The van der Waals surface area contributed by atoms with Crippen LogP contribution >= 0.6 is 27.5 Å². The lowest BCUT2D eigenvalue weighted by Gasteiger charge is -2.10. The van der Waals surface area contributed by atoms with Crippen molar-refractivity contribution in [3.8, 4) is 10.4 Å². The highest BCUT2D eigenvalue weighted by Gasteiger charge is 2.18. The predicted molar refractivity (Wildman–Crippen MR) is 74.7 cm³/mol. The summed E-state index contributed by atoms with van der Waals surface area (Å²) in [6.07, 6.45) is 0. The van der Waals surface area contributed by atoms with Gasteiger partial charge >= 0.3 is 5.97 Å². The molecule has 0 radical (unpaired) electrons. The summed E-state index contributed by atoms with van der Waals surface area (Å²) >= 11 is 4.56. The van der Waals surface area contributed by atoms with E-state index in [4.69, 9.17) is 5.11 Å². The van der Waals surface area contributed by atoms with E-state index >= 15 is 0 Å². The summed E-state index contributed by atoms with van der Waals surface area (Å²) in [5, 5.41) is 9.02. The van der Waals surface area contributed by atoms with Crippen molar-refractivity contribution in [3.05, 3.63) is 41.0 Å². The van der Waals surface area contributed by atoms with Crippen molar-refractivity contribution in [1.82, 2.24) is 9.33 Å². The van der Waals surface area contributed by atoms with Crippen LogP contribution in [0.1, 0.15) is 17.3 Å². The zero-order chi connectivity index (χ0) is 13.1. The van der Waals surface area contributed by atoms with E-state index in [1.165, 1.54) is 0 Å². The smallest absolute Gasteiger partial charge is 0.326 e. The molecule has 4 nitrogen and oxygen atoms in total. The number of benzene rings is 1. The van der Waals surface area contributed by atoms with Gasteiger partial charge in [0.05, 0.1) is 16.1 Å². The number of halogens is 1. The van der Waals surface area contributed by atoms with E-state index in [-0.39, 0.29) is 0 Å². The largest absolute Gasteiger partial charge is 0.480 e. The Balaban J connectivity index is 2.31. The Morgan fingerprint density at radius 2 is 2.11 bits per heavy atom. The summed E-state index contributed by atoms with van der Waals surface area (Å²) in [7, 11) is 0. The average molecular weight is 327 g/mol. The minimum absolute atomic E-state index is 0.699. The van der Waals surface area contributed by atoms with Crippen LogP contribution in [-0.4, -0.2) is 16.1 Å². The number of carboxylic acids is 1. The second-order valence-electron chi connectivity index (χ2n) is 3.77. The van der Waals surface area contributed by atoms with Crippen molar-refractivity contribution in [2.24, 2.45) is 0 Å². The first kappa shape index (κ1) is 13.2. The number of hydrogen-bond donors (Lipinski definition) is 2. The molecule has 1 aromatic carbocycles. The molecule has 2 rings (SSSR count). The molecule has 0 spiro atoms. The maximum Gasteiger partial charge on any atom is 0.326 e. The molecule has 1 heterocycles. The summed E-state index contributed by atoms with van der Waals surface area (Å²) < 4.78 is 2.59. The molecule has 1 atom stereocenters. The third-order valence-corrected chi connectivity index (χ3v) is 4.04. The van der Waals surface area contributed by atoms with Crippen LogP contribution in [0.2, 0.25) is 0 Å². The van der Waals surface area contributed by atoms with Crippen LogP contribution in [0.15, 0.2) is 29.8 Å². The highest BCUT2D eigenvalue weighted by molar-refractivity contribution is 9.08. The second-order valence-corrected chi connectivity index (χ2v) is 5.08. The summed E-state index contributed by atoms with van der Waals surface area (Å²) in [5.41, 5.74) is 4.54. The van der Waals surface area contributed by atoms with Gasteiger partial charge in [-0.25, -0.2) is 9.33 Å². The molecule has 0 amide bonds. The van der Waals surface area contributed by atoms with E-state index in [2.05, 4.69) is 25.5 Å². The molecule has 0 saturated heterocycles. The van der Waals surface area contributed by atoms with Gasteiger partial charge in [0.15, 0.2) is 0 Å². The molecule has 0 aliphatic rings. The lowest BCUT2D eigenvalue weighted by atomic mass is 10.0. The summed E-state index contributed by atoms with van der Waals surface area (Å²) in [6.45, 7) is 1.96. The van der Waals surface area contributed by atoms with Crippen molar-refractivity contribution in [1.29, 1.82) is 0 Å². The first-order valence-electron chi connectivity index (χ1n) is 5.23. The van der Waals surface area contributed by atoms with E-state index in [1.807, 2.05) is 31.2 Å². The van der Waals surface area contributed by atoms with Crippen LogP contribution in [0.4, 0.5) is 0 Å². The Morgan fingerprint density at radius 1 is 1.44 bits per heavy atom. The van der Waals surface area contributed by atoms with E-state index in [1.54, 1.807) is 16.8 Å². The van der Waals surface area contributed by atoms with Gasteiger partial charge in [-0.15, -0.1) is 11.3 Å². The Labute approximate surface area is 117 Å². The summed E-state index contributed by atoms with van der Waals surface area (Å²) in [6, 6.07) is 6.69. The summed E-state index contributed by atoms with van der Waals surface area (Å²) in [5.74, 6) is -0.923. The van der Waals surface area contributed by atoms with Gasteiger partial charge in [-0.1, -0.05) is 24.3 Å².